The Morgan fingerprint density at radius 1 is 1.12 bits per heavy atom. The van der Waals surface area contributed by atoms with Crippen molar-refractivity contribution in [1.29, 1.82) is 0 Å². The van der Waals surface area contributed by atoms with Crippen molar-refractivity contribution in [1.82, 2.24) is 15.1 Å². The number of ether oxygens (including phenoxy) is 2. The Labute approximate surface area is 194 Å². The molecule has 1 aromatic heterocycles. The standard InChI is InChI=1S/C22H21ClN4O4S/c1-2-9-27(21(29)15-4-3-5-16(23)11-15)10-8-19(28)24-22-26-25-20(32-22)14-6-7-17-18(12-14)31-13-30-17/h3-7,11-12H,2,8-10,13H2,1H3,(H,24,26,28). The van der Waals surface area contributed by atoms with Crippen molar-refractivity contribution in [2.75, 3.05) is 25.2 Å². The van der Waals surface area contributed by atoms with Crippen LogP contribution in [0.4, 0.5) is 5.13 Å². The molecule has 2 heterocycles. The van der Waals surface area contributed by atoms with Crippen LogP contribution in [0.3, 0.4) is 0 Å². The van der Waals surface area contributed by atoms with Crippen LogP contribution in [0.1, 0.15) is 30.1 Å². The lowest BCUT2D eigenvalue weighted by Crippen LogP contribution is -2.34. The minimum absolute atomic E-state index is 0.144. The first-order valence-electron chi connectivity index (χ1n) is 10.1. The zero-order valence-corrected chi connectivity index (χ0v) is 18.9. The van der Waals surface area contributed by atoms with Gasteiger partial charge >= 0.3 is 0 Å². The number of hydrogen-bond donors (Lipinski definition) is 1. The Kier molecular flexibility index (Phi) is 6.87. The van der Waals surface area contributed by atoms with Crippen molar-refractivity contribution in [3.05, 3.63) is 53.1 Å². The third-order valence-electron chi connectivity index (χ3n) is 4.75. The van der Waals surface area contributed by atoms with Crippen LogP contribution < -0.4 is 14.8 Å². The second-order valence-electron chi connectivity index (χ2n) is 7.08. The predicted molar refractivity (Wildman–Crippen MR) is 122 cm³/mol. The fourth-order valence-corrected chi connectivity index (χ4v) is 4.17. The van der Waals surface area contributed by atoms with Crippen molar-refractivity contribution in [2.45, 2.75) is 19.8 Å². The molecule has 1 N–H and O–H groups in total. The molecule has 0 saturated carbocycles. The van der Waals surface area contributed by atoms with E-state index >= 15 is 0 Å². The number of halogens is 1. The number of fused-ring (bicyclic) bond motifs is 1. The maximum atomic E-state index is 12.8. The summed E-state index contributed by atoms with van der Waals surface area (Å²) < 4.78 is 10.7. The molecule has 2 amide bonds. The lowest BCUT2D eigenvalue weighted by atomic mass is 10.2. The second kappa shape index (κ2) is 9.97. The number of nitrogens with one attached hydrogen (secondary N) is 1. The monoisotopic (exact) mass is 472 g/mol. The molecule has 0 bridgehead atoms. The van der Waals surface area contributed by atoms with Gasteiger partial charge in [-0.1, -0.05) is 35.9 Å². The summed E-state index contributed by atoms with van der Waals surface area (Å²) in [4.78, 5) is 26.9. The SMILES string of the molecule is CCCN(CCC(=O)Nc1nnc(-c2ccc3c(c2)OCO3)s1)C(=O)c1cccc(Cl)c1. The van der Waals surface area contributed by atoms with Crippen molar-refractivity contribution in [3.63, 3.8) is 0 Å². The van der Waals surface area contributed by atoms with Gasteiger partial charge in [0, 0.05) is 35.7 Å². The van der Waals surface area contributed by atoms with Crippen LogP contribution in [0.15, 0.2) is 42.5 Å². The number of hydrogen-bond acceptors (Lipinski definition) is 7. The van der Waals surface area contributed by atoms with E-state index in [1.807, 2.05) is 25.1 Å². The molecule has 0 atom stereocenters. The van der Waals surface area contributed by atoms with Gasteiger partial charge in [-0.2, -0.15) is 0 Å². The zero-order chi connectivity index (χ0) is 22.5. The first kappa shape index (κ1) is 22.0. The van der Waals surface area contributed by atoms with E-state index in [2.05, 4.69) is 15.5 Å². The number of carbonyl (C=O) groups excluding carboxylic acids is 2. The summed E-state index contributed by atoms with van der Waals surface area (Å²) in [6.07, 6.45) is 0.925. The molecule has 10 heteroatoms. The number of carbonyl (C=O) groups is 2. The lowest BCUT2D eigenvalue weighted by molar-refractivity contribution is -0.116. The molecule has 0 fully saturated rings. The van der Waals surface area contributed by atoms with E-state index in [4.69, 9.17) is 21.1 Å². The largest absolute Gasteiger partial charge is 0.454 e. The molecule has 0 saturated heterocycles. The summed E-state index contributed by atoms with van der Waals surface area (Å²) in [6, 6.07) is 12.3. The highest BCUT2D eigenvalue weighted by Gasteiger charge is 2.19. The van der Waals surface area contributed by atoms with Crippen LogP contribution in [0.5, 0.6) is 11.5 Å². The van der Waals surface area contributed by atoms with E-state index < -0.39 is 0 Å². The Bertz CT molecular complexity index is 1140. The molecule has 4 rings (SSSR count). The first-order valence-corrected chi connectivity index (χ1v) is 11.3. The average molecular weight is 473 g/mol. The topological polar surface area (TPSA) is 93.7 Å². The molecule has 32 heavy (non-hydrogen) atoms. The molecule has 166 valence electrons. The number of aromatic nitrogens is 2. The molecule has 0 aliphatic carbocycles. The van der Waals surface area contributed by atoms with Crippen LogP contribution in [0.2, 0.25) is 5.02 Å². The van der Waals surface area contributed by atoms with E-state index in [1.165, 1.54) is 11.3 Å². The minimum Gasteiger partial charge on any atom is -0.454 e. The summed E-state index contributed by atoms with van der Waals surface area (Å²) in [6.45, 7) is 3.02. The first-order chi connectivity index (χ1) is 15.5. The predicted octanol–water partition coefficient (Wildman–Crippen LogP) is 4.47. The van der Waals surface area contributed by atoms with Crippen LogP contribution in [0, 0.1) is 0 Å². The van der Waals surface area contributed by atoms with Gasteiger partial charge in [-0.05, 0) is 42.8 Å². The van der Waals surface area contributed by atoms with Gasteiger partial charge in [-0.3, -0.25) is 9.59 Å². The van der Waals surface area contributed by atoms with Gasteiger partial charge in [-0.25, -0.2) is 0 Å². The number of anilines is 1. The van der Waals surface area contributed by atoms with Gasteiger partial charge < -0.3 is 19.7 Å². The average Bonchev–Trinajstić information content (AvgIpc) is 3.45. The Hall–Kier alpha value is -3.17. The lowest BCUT2D eigenvalue weighted by Gasteiger charge is -2.22. The van der Waals surface area contributed by atoms with Crippen molar-refractivity contribution in [3.8, 4) is 22.1 Å². The minimum atomic E-state index is -0.238. The summed E-state index contributed by atoms with van der Waals surface area (Å²) >= 11 is 7.27. The Morgan fingerprint density at radius 3 is 2.78 bits per heavy atom. The summed E-state index contributed by atoms with van der Waals surface area (Å²) in [5.41, 5.74) is 1.33. The summed E-state index contributed by atoms with van der Waals surface area (Å²) in [5.74, 6) is 0.959. The summed E-state index contributed by atoms with van der Waals surface area (Å²) in [7, 11) is 0. The molecule has 1 aliphatic rings. The highest BCUT2D eigenvalue weighted by atomic mass is 35.5. The molecular formula is C22H21ClN4O4S. The van der Waals surface area contributed by atoms with Crippen molar-refractivity contribution >= 4 is 39.9 Å². The normalized spacial score (nSPS) is 11.9. The maximum Gasteiger partial charge on any atom is 0.253 e. The van der Waals surface area contributed by atoms with Crippen LogP contribution >= 0.6 is 22.9 Å². The van der Waals surface area contributed by atoms with Gasteiger partial charge in [0.05, 0.1) is 0 Å². The van der Waals surface area contributed by atoms with Gasteiger partial charge in [0.15, 0.2) is 11.5 Å². The number of rotatable bonds is 8. The molecule has 0 spiro atoms. The highest BCUT2D eigenvalue weighted by molar-refractivity contribution is 7.18. The smallest absolute Gasteiger partial charge is 0.253 e. The van der Waals surface area contributed by atoms with Gasteiger partial charge in [-0.15, -0.1) is 10.2 Å². The maximum absolute atomic E-state index is 12.8. The number of nitrogens with zero attached hydrogens (tertiary/aromatic N) is 3. The fourth-order valence-electron chi connectivity index (χ4n) is 3.23. The number of benzene rings is 2. The van der Waals surface area contributed by atoms with E-state index in [-0.39, 0.29) is 25.0 Å². The Balaban J connectivity index is 1.35. The third kappa shape index (κ3) is 5.17. The van der Waals surface area contributed by atoms with Crippen molar-refractivity contribution in [2.24, 2.45) is 0 Å². The van der Waals surface area contributed by atoms with Gasteiger partial charge in [0.2, 0.25) is 17.8 Å². The van der Waals surface area contributed by atoms with Crippen LogP contribution in [-0.2, 0) is 4.79 Å². The number of amides is 2. The third-order valence-corrected chi connectivity index (χ3v) is 5.87. The van der Waals surface area contributed by atoms with E-state index in [0.717, 1.165) is 12.0 Å². The second-order valence-corrected chi connectivity index (χ2v) is 8.50. The van der Waals surface area contributed by atoms with Crippen molar-refractivity contribution < 1.29 is 19.1 Å². The summed E-state index contributed by atoms with van der Waals surface area (Å²) in [5, 5.41) is 12.5. The molecular weight excluding hydrogens is 452 g/mol. The fraction of sp³-hybridized carbons (Fsp3) is 0.273. The van der Waals surface area contributed by atoms with Gasteiger partial charge in [0.1, 0.15) is 5.01 Å². The molecule has 2 aromatic carbocycles. The molecule has 1 aliphatic heterocycles. The zero-order valence-electron chi connectivity index (χ0n) is 17.3. The molecule has 0 unspecified atom stereocenters. The quantitative estimate of drug-likeness (QED) is 0.520. The van der Waals surface area contributed by atoms with Gasteiger partial charge in [0.25, 0.3) is 5.91 Å². The van der Waals surface area contributed by atoms with E-state index in [9.17, 15) is 9.59 Å². The highest BCUT2D eigenvalue weighted by Crippen LogP contribution is 2.37. The molecule has 0 radical (unpaired) electrons. The molecule has 8 nitrogen and oxygen atoms in total. The van der Waals surface area contributed by atoms with E-state index in [0.29, 0.717) is 45.3 Å². The Morgan fingerprint density at radius 2 is 1.97 bits per heavy atom. The van der Waals surface area contributed by atoms with Crippen LogP contribution in [-0.4, -0.2) is 46.8 Å². The van der Waals surface area contributed by atoms with E-state index in [1.54, 1.807) is 29.2 Å². The molecule has 3 aromatic rings. The van der Waals surface area contributed by atoms with Crippen LogP contribution in [0.25, 0.3) is 10.6 Å².